The molecule has 1 aromatic rings. The maximum absolute atomic E-state index is 2.35. The summed E-state index contributed by atoms with van der Waals surface area (Å²) >= 11 is 0. The first kappa shape index (κ1) is 22.9. The minimum Gasteiger partial charge on any atom is -0.0654 e. The highest BCUT2D eigenvalue weighted by Crippen LogP contribution is 2.47. The van der Waals surface area contributed by atoms with Gasteiger partial charge in [-0.2, -0.15) is 0 Å². The van der Waals surface area contributed by atoms with E-state index in [2.05, 4.69) is 37.3 Å². The molecule has 2 aliphatic carbocycles. The molecule has 0 heteroatoms. The normalized spacial score (nSPS) is 21.1. The van der Waals surface area contributed by atoms with E-state index in [1.807, 2.05) is 0 Å². The molecule has 0 aliphatic heterocycles. The standard InChI is InChI=1S/C29H48/c1-2-3-9-19-28(20-10-5-11-21-28)24-14-15-25-29(22-12-6-13-23-29)26-18-27-16-7-4-8-17-27/h4,7-8,16-17H,2-3,5-6,9-15,18-26H2,1H3. The first-order chi connectivity index (χ1) is 14.3. The van der Waals surface area contributed by atoms with E-state index in [1.54, 1.807) is 5.56 Å². The SMILES string of the molecule is CCCCCC1(CCCCC2(CCc3ccccc3)CCCCC2)CCCCC1. The van der Waals surface area contributed by atoms with Crippen molar-refractivity contribution in [2.75, 3.05) is 0 Å². The second-order valence-electron chi connectivity index (χ2n) is 10.8. The van der Waals surface area contributed by atoms with E-state index in [4.69, 9.17) is 0 Å². The van der Waals surface area contributed by atoms with Crippen LogP contribution in [0.25, 0.3) is 0 Å². The zero-order chi connectivity index (χ0) is 20.3. The highest BCUT2D eigenvalue weighted by atomic mass is 14.4. The molecule has 3 rings (SSSR count). The van der Waals surface area contributed by atoms with E-state index in [1.165, 1.54) is 128 Å². The van der Waals surface area contributed by atoms with Crippen LogP contribution in [0.1, 0.15) is 134 Å². The maximum Gasteiger partial charge on any atom is -0.0274 e. The summed E-state index contributed by atoms with van der Waals surface area (Å²) in [7, 11) is 0. The second kappa shape index (κ2) is 12.2. The Morgan fingerprint density at radius 2 is 1.07 bits per heavy atom. The molecule has 0 bridgehead atoms. The van der Waals surface area contributed by atoms with Crippen molar-refractivity contribution < 1.29 is 0 Å². The number of hydrogen-bond donors (Lipinski definition) is 0. The van der Waals surface area contributed by atoms with Gasteiger partial charge in [-0.05, 0) is 74.2 Å². The van der Waals surface area contributed by atoms with Gasteiger partial charge in [-0.3, -0.25) is 0 Å². The van der Waals surface area contributed by atoms with Gasteiger partial charge in [-0.1, -0.05) is 108 Å². The molecule has 1 aromatic carbocycles. The van der Waals surface area contributed by atoms with Crippen LogP contribution >= 0.6 is 0 Å². The molecule has 29 heavy (non-hydrogen) atoms. The van der Waals surface area contributed by atoms with Gasteiger partial charge in [0.05, 0.1) is 0 Å². The average Bonchev–Trinajstić information content (AvgIpc) is 2.78. The summed E-state index contributed by atoms with van der Waals surface area (Å²) in [5.41, 5.74) is 2.95. The third-order valence-electron chi connectivity index (χ3n) is 8.59. The van der Waals surface area contributed by atoms with Crippen molar-refractivity contribution in [3.05, 3.63) is 35.9 Å². The maximum atomic E-state index is 2.35. The quantitative estimate of drug-likeness (QED) is 0.308. The number of unbranched alkanes of at least 4 members (excludes halogenated alkanes) is 3. The largest absolute Gasteiger partial charge is 0.0654 e. The summed E-state index contributed by atoms with van der Waals surface area (Å²) in [6.45, 7) is 2.35. The summed E-state index contributed by atoms with van der Waals surface area (Å²) in [4.78, 5) is 0. The minimum atomic E-state index is 0.663. The first-order valence-corrected chi connectivity index (χ1v) is 13.3. The van der Waals surface area contributed by atoms with E-state index in [9.17, 15) is 0 Å². The van der Waals surface area contributed by atoms with Gasteiger partial charge in [-0.25, -0.2) is 0 Å². The van der Waals surface area contributed by atoms with Crippen molar-refractivity contribution in [1.82, 2.24) is 0 Å². The molecule has 0 radical (unpaired) electrons. The van der Waals surface area contributed by atoms with E-state index >= 15 is 0 Å². The van der Waals surface area contributed by atoms with Crippen LogP contribution in [-0.4, -0.2) is 0 Å². The van der Waals surface area contributed by atoms with Gasteiger partial charge < -0.3 is 0 Å². The third kappa shape index (κ3) is 7.45. The molecule has 0 amide bonds. The molecule has 0 saturated heterocycles. The molecular weight excluding hydrogens is 348 g/mol. The molecule has 0 heterocycles. The molecule has 2 fully saturated rings. The molecule has 0 N–H and O–H groups in total. The van der Waals surface area contributed by atoms with E-state index in [0.717, 1.165) is 5.41 Å². The fraction of sp³-hybridized carbons (Fsp3) is 0.793. The van der Waals surface area contributed by atoms with Crippen LogP contribution < -0.4 is 0 Å². The summed E-state index contributed by atoms with van der Waals surface area (Å²) < 4.78 is 0. The monoisotopic (exact) mass is 396 g/mol. The Morgan fingerprint density at radius 3 is 1.59 bits per heavy atom. The number of hydrogen-bond acceptors (Lipinski definition) is 0. The first-order valence-electron chi connectivity index (χ1n) is 13.3. The molecule has 164 valence electrons. The smallest absolute Gasteiger partial charge is 0.0274 e. The predicted molar refractivity (Wildman–Crippen MR) is 128 cm³/mol. The van der Waals surface area contributed by atoms with Gasteiger partial charge in [0, 0.05) is 0 Å². The number of benzene rings is 1. The van der Waals surface area contributed by atoms with Crippen molar-refractivity contribution in [2.45, 2.75) is 135 Å². The fourth-order valence-corrected chi connectivity index (χ4v) is 6.66. The molecule has 0 unspecified atom stereocenters. The van der Waals surface area contributed by atoms with Crippen molar-refractivity contribution in [1.29, 1.82) is 0 Å². The highest BCUT2D eigenvalue weighted by Gasteiger charge is 2.33. The van der Waals surface area contributed by atoms with Crippen molar-refractivity contribution in [2.24, 2.45) is 10.8 Å². The highest BCUT2D eigenvalue weighted by molar-refractivity contribution is 5.15. The summed E-state index contributed by atoms with van der Waals surface area (Å²) in [5, 5.41) is 0. The van der Waals surface area contributed by atoms with Gasteiger partial charge in [-0.15, -0.1) is 0 Å². The minimum absolute atomic E-state index is 0.663. The van der Waals surface area contributed by atoms with Crippen LogP contribution in [0, 0.1) is 10.8 Å². The van der Waals surface area contributed by atoms with Crippen LogP contribution in [0.3, 0.4) is 0 Å². The summed E-state index contributed by atoms with van der Waals surface area (Å²) in [6, 6.07) is 11.2. The van der Waals surface area contributed by atoms with Crippen LogP contribution in [0.15, 0.2) is 30.3 Å². The lowest BCUT2D eigenvalue weighted by Gasteiger charge is -2.40. The molecule has 0 atom stereocenters. The third-order valence-corrected chi connectivity index (χ3v) is 8.59. The molecule has 0 nitrogen and oxygen atoms in total. The van der Waals surface area contributed by atoms with Gasteiger partial charge >= 0.3 is 0 Å². The van der Waals surface area contributed by atoms with E-state index in [-0.39, 0.29) is 0 Å². The number of aryl methyl sites for hydroxylation is 1. The van der Waals surface area contributed by atoms with Crippen molar-refractivity contribution in [3.63, 3.8) is 0 Å². The van der Waals surface area contributed by atoms with Gasteiger partial charge in [0.25, 0.3) is 0 Å². The zero-order valence-corrected chi connectivity index (χ0v) is 19.5. The van der Waals surface area contributed by atoms with Crippen molar-refractivity contribution in [3.8, 4) is 0 Å². The van der Waals surface area contributed by atoms with Crippen molar-refractivity contribution >= 4 is 0 Å². The lowest BCUT2D eigenvalue weighted by molar-refractivity contribution is 0.129. The number of rotatable bonds is 12. The lowest BCUT2D eigenvalue weighted by atomic mass is 9.66. The van der Waals surface area contributed by atoms with Crippen LogP contribution in [0.2, 0.25) is 0 Å². The Labute approximate surface area is 182 Å². The molecule has 0 aromatic heterocycles. The Bertz CT molecular complexity index is 530. The van der Waals surface area contributed by atoms with Gasteiger partial charge in [0.15, 0.2) is 0 Å². The summed E-state index contributed by atoms with van der Waals surface area (Å²) in [5.74, 6) is 0. The Morgan fingerprint density at radius 1 is 0.586 bits per heavy atom. The predicted octanol–water partition coefficient (Wildman–Crippen LogP) is 9.66. The molecule has 0 spiro atoms. The van der Waals surface area contributed by atoms with Gasteiger partial charge in [0.1, 0.15) is 0 Å². The summed E-state index contributed by atoms with van der Waals surface area (Å²) in [6.07, 6.45) is 29.6. The van der Waals surface area contributed by atoms with E-state index in [0.29, 0.717) is 5.41 Å². The van der Waals surface area contributed by atoms with E-state index < -0.39 is 0 Å². The van der Waals surface area contributed by atoms with Gasteiger partial charge in [0.2, 0.25) is 0 Å². The molecule has 2 saturated carbocycles. The van der Waals surface area contributed by atoms with Crippen LogP contribution in [-0.2, 0) is 6.42 Å². The van der Waals surface area contributed by atoms with Crippen LogP contribution in [0.5, 0.6) is 0 Å². The average molecular weight is 397 g/mol. The fourth-order valence-electron chi connectivity index (χ4n) is 6.66. The topological polar surface area (TPSA) is 0 Å². The zero-order valence-electron chi connectivity index (χ0n) is 19.5. The molecular formula is C29H48. The lowest BCUT2D eigenvalue weighted by Crippen LogP contribution is -2.26. The van der Waals surface area contributed by atoms with Crippen LogP contribution in [0.4, 0.5) is 0 Å². The Hall–Kier alpha value is -0.780. The second-order valence-corrected chi connectivity index (χ2v) is 10.8. The Kier molecular flexibility index (Phi) is 9.60. The molecule has 2 aliphatic rings. The Balaban J connectivity index is 1.48.